The summed E-state index contributed by atoms with van der Waals surface area (Å²) in [5, 5.41) is 2.74. The van der Waals surface area contributed by atoms with Gasteiger partial charge in [-0.25, -0.2) is 0 Å². The Kier molecular flexibility index (Phi) is 7.11. The number of methoxy groups -OCH3 is 1. The third kappa shape index (κ3) is 5.37. The molecule has 7 nitrogen and oxygen atoms in total. The molecule has 0 saturated carbocycles. The average molecular weight is 382 g/mol. The lowest BCUT2D eigenvalue weighted by atomic mass is 10.1. The molecule has 0 unspecified atom stereocenters. The fourth-order valence-electron chi connectivity index (χ4n) is 3.18. The predicted octanol–water partition coefficient (Wildman–Crippen LogP) is 1.42. The molecule has 1 aliphatic heterocycles. The Morgan fingerprint density at radius 1 is 1.07 bits per heavy atom. The van der Waals surface area contributed by atoms with Crippen LogP contribution in [0, 0.1) is 0 Å². The maximum absolute atomic E-state index is 12.8. The first-order valence-electron chi connectivity index (χ1n) is 9.45. The van der Waals surface area contributed by atoms with E-state index in [1.54, 1.807) is 13.2 Å². The first-order chi connectivity index (χ1) is 13.7. The summed E-state index contributed by atoms with van der Waals surface area (Å²) in [4.78, 5) is 33.2. The van der Waals surface area contributed by atoms with Crippen molar-refractivity contribution >= 4 is 11.8 Å². The van der Waals surface area contributed by atoms with Crippen LogP contribution in [0.5, 0.6) is 0 Å². The third-order valence-corrected chi connectivity index (χ3v) is 4.75. The van der Waals surface area contributed by atoms with Crippen LogP contribution in [-0.2, 0) is 11.3 Å². The molecule has 0 radical (unpaired) electrons. The number of ether oxygens (including phenoxy) is 1. The molecule has 2 heterocycles. The highest BCUT2D eigenvalue weighted by Crippen LogP contribution is 2.12. The molecule has 1 aromatic heterocycles. The largest absolute Gasteiger partial charge is 0.383 e. The van der Waals surface area contributed by atoms with Crippen molar-refractivity contribution < 1.29 is 14.3 Å². The first kappa shape index (κ1) is 20.0. The van der Waals surface area contributed by atoms with Gasteiger partial charge in [0, 0.05) is 58.8 Å². The van der Waals surface area contributed by atoms with Crippen LogP contribution in [0.2, 0.25) is 0 Å². The van der Waals surface area contributed by atoms with Gasteiger partial charge in [0.2, 0.25) is 0 Å². The van der Waals surface area contributed by atoms with E-state index in [0.717, 1.165) is 19.6 Å². The van der Waals surface area contributed by atoms with E-state index >= 15 is 0 Å². The number of carbonyl (C=O) groups is 2. The van der Waals surface area contributed by atoms with Gasteiger partial charge in [0.1, 0.15) is 0 Å². The zero-order chi connectivity index (χ0) is 19.8. The summed E-state index contributed by atoms with van der Waals surface area (Å²) in [6.07, 6.45) is 2.99. The minimum atomic E-state index is -0.258. The highest BCUT2D eigenvalue weighted by molar-refractivity contribution is 5.99. The summed E-state index contributed by atoms with van der Waals surface area (Å²) >= 11 is 0. The van der Waals surface area contributed by atoms with Crippen LogP contribution in [0.15, 0.2) is 48.8 Å². The number of rotatable bonds is 7. The van der Waals surface area contributed by atoms with Crippen molar-refractivity contribution in [3.63, 3.8) is 0 Å². The monoisotopic (exact) mass is 382 g/mol. The molecule has 7 heteroatoms. The van der Waals surface area contributed by atoms with Gasteiger partial charge < -0.3 is 15.0 Å². The number of nitrogens with one attached hydrogen (secondary N) is 1. The smallest absolute Gasteiger partial charge is 0.255 e. The number of hydrogen-bond donors (Lipinski definition) is 1. The second-order valence-corrected chi connectivity index (χ2v) is 6.76. The van der Waals surface area contributed by atoms with Crippen LogP contribution in [-0.4, -0.2) is 73.0 Å². The fraction of sp³-hybridized carbons (Fsp3) is 0.381. The summed E-state index contributed by atoms with van der Waals surface area (Å²) in [7, 11) is 1.58. The van der Waals surface area contributed by atoms with Crippen molar-refractivity contribution in [2.24, 2.45) is 0 Å². The lowest BCUT2D eigenvalue weighted by Crippen LogP contribution is -2.48. The van der Waals surface area contributed by atoms with Gasteiger partial charge in [-0.2, -0.15) is 0 Å². The van der Waals surface area contributed by atoms with E-state index in [2.05, 4.69) is 27.3 Å². The van der Waals surface area contributed by atoms with Gasteiger partial charge in [0.05, 0.1) is 17.7 Å². The second-order valence-electron chi connectivity index (χ2n) is 6.76. The Hall–Kier alpha value is -2.77. The number of amides is 2. The first-order valence-corrected chi connectivity index (χ1v) is 9.45. The standard InChI is InChI=1S/C21H26N4O3/c1-28-12-7-23-20(26)18-13-19(15-22-14-18)21(27)25-10-8-24(9-11-25)16-17-5-3-2-4-6-17/h2-6,13-15H,7-12,16H2,1H3,(H,23,26). The number of hydrogen-bond acceptors (Lipinski definition) is 5. The molecule has 28 heavy (non-hydrogen) atoms. The molecule has 2 amide bonds. The van der Waals surface area contributed by atoms with Crippen LogP contribution in [0.25, 0.3) is 0 Å². The van der Waals surface area contributed by atoms with Crippen LogP contribution in [0.4, 0.5) is 0 Å². The topological polar surface area (TPSA) is 74.8 Å². The van der Waals surface area contributed by atoms with Gasteiger partial charge in [-0.05, 0) is 11.6 Å². The average Bonchev–Trinajstić information content (AvgIpc) is 2.75. The van der Waals surface area contributed by atoms with Gasteiger partial charge >= 0.3 is 0 Å². The van der Waals surface area contributed by atoms with Gasteiger partial charge in [0.25, 0.3) is 11.8 Å². The minimum Gasteiger partial charge on any atom is -0.383 e. The molecule has 0 aliphatic carbocycles. The molecule has 1 N–H and O–H groups in total. The second kappa shape index (κ2) is 9.96. The van der Waals surface area contributed by atoms with E-state index in [9.17, 15) is 9.59 Å². The molecule has 2 aromatic rings. The van der Waals surface area contributed by atoms with Crippen molar-refractivity contribution in [1.82, 2.24) is 20.1 Å². The Labute approximate surface area is 165 Å². The molecular weight excluding hydrogens is 356 g/mol. The van der Waals surface area contributed by atoms with E-state index in [1.165, 1.54) is 18.0 Å². The molecule has 3 rings (SSSR count). The highest BCUT2D eigenvalue weighted by Gasteiger charge is 2.23. The molecule has 0 spiro atoms. The summed E-state index contributed by atoms with van der Waals surface area (Å²) in [5.74, 6) is -0.342. The lowest BCUT2D eigenvalue weighted by molar-refractivity contribution is 0.0628. The molecule has 1 aromatic carbocycles. The van der Waals surface area contributed by atoms with Gasteiger partial charge in [-0.1, -0.05) is 30.3 Å². The maximum Gasteiger partial charge on any atom is 0.255 e. The van der Waals surface area contributed by atoms with E-state index in [0.29, 0.717) is 37.4 Å². The summed E-state index contributed by atoms with van der Waals surface area (Å²) in [5.41, 5.74) is 2.10. The SMILES string of the molecule is COCCNC(=O)c1cncc(C(=O)N2CCN(Cc3ccccc3)CC2)c1. The zero-order valence-electron chi connectivity index (χ0n) is 16.1. The van der Waals surface area contributed by atoms with Crippen LogP contribution < -0.4 is 5.32 Å². The lowest BCUT2D eigenvalue weighted by Gasteiger charge is -2.34. The van der Waals surface area contributed by atoms with Gasteiger partial charge in [-0.15, -0.1) is 0 Å². The Balaban J connectivity index is 1.55. The summed E-state index contributed by atoms with van der Waals surface area (Å²) in [6, 6.07) is 11.9. The highest BCUT2D eigenvalue weighted by atomic mass is 16.5. The van der Waals surface area contributed by atoms with E-state index in [1.807, 2.05) is 23.1 Å². The van der Waals surface area contributed by atoms with Crippen molar-refractivity contribution in [2.45, 2.75) is 6.54 Å². The molecule has 1 fully saturated rings. The molecule has 0 bridgehead atoms. The van der Waals surface area contributed by atoms with Crippen LogP contribution in [0.1, 0.15) is 26.3 Å². The Morgan fingerprint density at radius 3 is 2.50 bits per heavy atom. The molecule has 148 valence electrons. The number of nitrogens with zero attached hydrogens (tertiary/aromatic N) is 3. The van der Waals surface area contributed by atoms with Crippen molar-refractivity contribution in [3.05, 3.63) is 65.5 Å². The van der Waals surface area contributed by atoms with E-state index in [4.69, 9.17) is 4.74 Å². The van der Waals surface area contributed by atoms with Gasteiger partial charge in [-0.3, -0.25) is 19.5 Å². The number of pyridine rings is 1. The van der Waals surface area contributed by atoms with E-state index in [-0.39, 0.29) is 11.8 Å². The summed E-state index contributed by atoms with van der Waals surface area (Å²) in [6.45, 7) is 4.71. The third-order valence-electron chi connectivity index (χ3n) is 4.75. The predicted molar refractivity (Wildman–Crippen MR) is 106 cm³/mol. The minimum absolute atomic E-state index is 0.0848. The maximum atomic E-state index is 12.8. The molecule has 1 aliphatic rings. The van der Waals surface area contributed by atoms with E-state index < -0.39 is 0 Å². The fourth-order valence-corrected chi connectivity index (χ4v) is 3.18. The number of carbonyl (C=O) groups excluding carboxylic acids is 2. The van der Waals surface area contributed by atoms with Crippen molar-refractivity contribution in [2.75, 3.05) is 46.4 Å². The molecule has 1 saturated heterocycles. The van der Waals surface area contributed by atoms with Crippen molar-refractivity contribution in [1.29, 1.82) is 0 Å². The number of piperazine rings is 1. The molecule has 0 atom stereocenters. The summed E-state index contributed by atoms with van der Waals surface area (Å²) < 4.78 is 4.92. The zero-order valence-corrected chi connectivity index (χ0v) is 16.1. The normalized spacial score (nSPS) is 14.7. The Bertz CT molecular complexity index is 789. The van der Waals surface area contributed by atoms with Crippen LogP contribution >= 0.6 is 0 Å². The quantitative estimate of drug-likeness (QED) is 0.733. The van der Waals surface area contributed by atoms with Gasteiger partial charge in [0.15, 0.2) is 0 Å². The van der Waals surface area contributed by atoms with Crippen molar-refractivity contribution in [3.8, 4) is 0 Å². The number of aromatic nitrogens is 1. The van der Waals surface area contributed by atoms with Crippen LogP contribution in [0.3, 0.4) is 0 Å². The number of benzene rings is 1. The Morgan fingerprint density at radius 2 is 1.79 bits per heavy atom. The molecular formula is C21H26N4O3.